The van der Waals surface area contributed by atoms with E-state index in [0.29, 0.717) is 0 Å². The van der Waals surface area contributed by atoms with E-state index in [1.165, 1.54) is 0 Å². The number of thiol groups is 1. The number of carbonyl (C=O) groups excluding carboxylic acids is 5. The van der Waals surface area contributed by atoms with Crippen LogP contribution in [-0.2, 0) is 41.3 Å². The third kappa shape index (κ3) is 36.0. The molecule has 1 rings (SSSR count). The first-order valence-electron chi connectivity index (χ1n) is 3.81. The van der Waals surface area contributed by atoms with Crippen LogP contribution in [0.5, 0.6) is 0 Å². The maximum Gasteiger partial charge on any atom is 0.281 e. The van der Waals surface area contributed by atoms with Crippen LogP contribution in [-0.4, -0.2) is 33.9 Å². The zero-order valence-corrected chi connectivity index (χ0v) is 12.1. The topological polar surface area (TPSA) is 85.3 Å². The molecule has 0 bridgehead atoms. The van der Waals surface area contributed by atoms with E-state index >= 15 is 0 Å². The number of rotatable bonds is 1. The molecule has 1 atom stereocenters. The van der Waals surface area contributed by atoms with Crippen LogP contribution in [0.2, 0.25) is 0 Å². The molecule has 0 N–H and O–H groups in total. The molecule has 1 unspecified atom stereocenters. The molecular formula is C13H8CrO5S. The molecule has 1 aromatic carbocycles. The predicted molar refractivity (Wildman–Crippen MR) is 70.9 cm³/mol. The first-order chi connectivity index (χ1) is 9.30. The maximum absolute atomic E-state index is 7.50. The van der Waals surface area contributed by atoms with Gasteiger partial charge in [-0.05, 0) is 12.5 Å². The van der Waals surface area contributed by atoms with Crippen molar-refractivity contribution in [2.45, 2.75) is 5.25 Å². The van der Waals surface area contributed by atoms with Gasteiger partial charge in [0.2, 0.25) is 0 Å². The first kappa shape index (κ1) is 36.2. The summed E-state index contributed by atoms with van der Waals surface area (Å²) in [5, 5.41) is -0.147. The van der Waals surface area contributed by atoms with Crippen molar-refractivity contribution >= 4 is 46.6 Å². The molecule has 1 aromatic rings. The van der Waals surface area contributed by atoms with E-state index in [4.69, 9.17) is 30.9 Å². The molecule has 0 saturated heterocycles. The minimum absolute atomic E-state index is 0. The fourth-order valence-electron chi connectivity index (χ4n) is 0.650. The smallest absolute Gasteiger partial charge is 0.281 e. The summed E-state index contributed by atoms with van der Waals surface area (Å²) in [7, 11) is 0. The Morgan fingerprint density at radius 2 is 1.00 bits per heavy atom. The van der Waals surface area contributed by atoms with Gasteiger partial charge in [-0.25, -0.2) is 0 Å². The summed E-state index contributed by atoms with van der Waals surface area (Å²) in [6.07, 6.45) is 0. The zero-order valence-electron chi connectivity index (χ0n) is 9.94. The average Bonchev–Trinajstić information content (AvgIpc) is 2.57. The summed E-state index contributed by atoms with van der Waals surface area (Å²) in [6.45, 7) is 28.0. The van der Waals surface area contributed by atoms with Gasteiger partial charge in [0, 0.05) is 22.6 Å². The third-order valence-corrected chi connectivity index (χ3v) is 1.44. The van der Waals surface area contributed by atoms with Crippen LogP contribution in [0.1, 0.15) is 10.8 Å². The number of hydrogen-bond donors (Lipinski definition) is 1. The van der Waals surface area contributed by atoms with E-state index in [2.05, 4.69) is 46.6 Å². The Bertz CT molecular complexity index is 238. The number of hydrogen-bond acceptors (Lipinski definition) is 6. The Morgan fingerprint density at radius 1 is 0.750 bits per heavy atom. The van der Waals surface area contributed by atoms with Gasteiger partial charge in [-0.15, -0.1) is 0 Å². The molecule has 12 radical (unpaired) electrons. The Hall–Kier alpha value is -1.55. The van der Waals surface area contributed by atoms with Crippen molar-refractivity contribution in [3.63, 3.8) is 0 Å². The van der Waals surface area contributed by atoms with Gasteiger partial charge in [0.15, 0.2) is 0 Å². The van der Waals surface area contributed by atoms with Crippen LogP contribution in [0.4, 0.5) is 0 Å². The molecule has 7 heteroatoms. The fourth-order valence-corrected chi connectivity index (χ4v) is 0.822. The van der Waals surface area contributed by atoms with Crippen LogP contribution in [0.15, 0.2) is 30.3 Å². The summed E-state index contributed by atoms with van der Waals surface area (Å²) in [4.78, 5) is 37.5. The fraction of sp³-hybridized carbons (Fsp3) is 0.0769. The Labute approximate surface area is 136 Å². The van der Waals surface area contributed by atoms with Gasteiger partial charge >= 0.3 is 0 Å². The van der Waals surface area contributed by atoms with Crippen molar-refractivity contribution in [3.05, 3.63) is 42.8 Å². The van der Waals surface area contributed by atoms with Crippen molar-refractivity contribution in [2.75, 3.05) is 0 Å². The number of benzene rings is 1. The van der Waals surface area contributed by atoms with Crippen molar-refractivity contribution in [1.82, 2.24) is 0 Å². The average molecular weight is 328 g/mol. The van der Waals surface area contributed by atoms with Gasteiger partial charge in [-0.1, -0.05) is 30.3 Å². The molecular weight excluding hydrogens is 320 g/mol. The van der Waals surface area contributed by atoms with Crippen molar-refractivity contribution in [2.24, 2.45) is 0 Å². The zero-order chi connectivity index (χ0) is 16.7. The predicted octanol–water partition coefficient (Wildman–Crippen LogP) is 0.381. The van der Waals surface area contributed by atoms with Crippen LogP contribution in [0, 0.1) is 6.92 Å². The second kappa shape index (κ2) is 52.9. The SMILES string of the molecule is [CH]C(S)c1ccccc1.[C]=O.[C]=O.[C]=O.[C]=O.[C]=O.[Cr]. The van der Waals surface area contributed by atoms with Crippen LogP contribution in [0.25, 0.3) is 0 Å². The Morgan fingerprint density at radius 3 is 1.15 bits per heavy atom. The van der Waals surface area contributed by atoms with E-state index in [9.17, 15) is 0 Å². The Balaban J connectivity index is -0.0000000384. The molecule has 0 aliphatic rings. The minimum Gasteiger partial charge on any atom is -0.281 e. The summed E-state index contributed by atoms with van der Waals surface area (Å²) in [5.41, 5.74) is 1.06. The van der Waals surface area contributed by atoms with E-state index in [0.717, 1.165) is 5.56 Å². The molecule has 5 nitrogen and oxygen atoms in total. The van der Waals surface area contributed by atoms with E-state index in [1.807, 2.05) is 30.3 Å². The molecule has 20 heavy (non-hydrogen) atoms. The molecule has 102 valence electrons. The van der Waals surface area contributed by atoms with Crippen LogP contribution < -0.4 is 0 Å². The largest absolute Gasteiger partial charge is 0.281 e. The molecule has 0 saturated carbocycles. The van der Waals surface area contributed by atoms with Crippen LogP contribution in [0.3, 0.4) is 0 Å². The monoisotopic (exact) mass is 328 g/mol. The normalized spacial score (nSPS) is 6.90. The van der Waals surface area contributed by atoms with Gasteiger partial charge in [0.1, 0.15) is 0 Å². The minimum atomic E-state index is -0.147. The second-order valence-corrected chi connectivity index (χ2v) is 2.41. The van der Waals surface area contributed by atoms with E-state index in [1.54, 1.807) is 0 Å². The Kier molecular flexibility index (Phi) is 95.8. The first-order valence-corrected chi connectivity index (χ1v) is 4.33. The molecule has 0 aliphatic carbocycles. The van der Waals surface area contributed by atoms with Gasteiger partial charge in [0.25, 0.3) is 33.9 Å². The van der Waals surface area contributed by atoms with Gasteiger partial charge < -0.3 is 0 Å². The molecule has 0 fully saturated rings. The van der Waals surface area contributed by atoms with Gasteiger partial charge in [-0.2, -0.15) is 12.6 Å². The summed E-state index contributed by atoms with van der Waals surface area (Å²) >= 11 is 4.07. The van der Waals surface area contributed by atoms with Crippen LogP contribution >= 0.6 is 12.6 Å². The summed E-state index contributed by atoms with van der Waals surface area (Å²) < 4.78 is 0. The van der Waals surface area contributed by atoms with Crippen molar-refractivity contribution in [3.8, 4) is 0 Å². The molecule has 0 spiro atoms. The molecule has 0 aromatic heterocycles. The molecule has 0 heterocycles. The van der Waals surface area contributed by atoms with E-state index < -0.39 is 0 Å². The van der Waals surface area contributed by atoms with Crippen molar-refractivity contribution in [1.29, 1.82) is 0 Å². The van der Waals surface area contributed by atoms with Gasteiger partial charge in [-0.3, -0.25) is 24.0 Å². The third-order valence-electron chi connectivity index (χ3n) is 1.14. The standard InChI is InChI=1S/C8H8S.5CO.Cr/c1-7(9)8-5-3-2-4-6-8;5*1-2;/h1-7,9H;;;;;;. The molecule has 0 aliphatic heterocycles. The molecule has 0 amide bonds. The van der Waals surface area contributed by atoms with E-state index in [-0.39, 0.29) is 22.6 Å². The second-order valence-electron chi connectivity index (χ2n) is 1.86. The maximum atomic E-state index is 7.50. The van der Waals surface area contributed by atoms with Gasteiger partial charge in [0.05, 0.1) is 0 Å². The van der Waals surface area contributed by atoms with Crippen molar-refractivity contribution < 1.29 is 41.3 Å². The quantitative estimate of drug-likeness (QED) is 0.754. The summed E-state index contributed by atoms with van der Waals surface area (Å²) in [6, 6.07) is 9.77. The summed E-state index contributed by atoms with van der Waals surface area (Å²) in [5.74, 6) is 0.